The van der Waals surface area contributed by atoms with Gasteiger partial charge in [-0.15, -0.1) is 0 Å². The minimum atomic E-state index is -3.60. The molecule has 1 amide bonds. The standard InChI is InChI=1S/C24H32N2O6S/c1-5-32-20-7-9-21(10-8-20)33(28,29)26-14-12-18(13-15-26)24(27)25-17(2)19-6-11-22(30-3)23(16-19)31-4/h6-11,16-18H,5,12-15H2,1-4H3,(H,25,27)/t17-/m0/s1. The molecule has 33 heavy (non-hydrogen) atoms. The molecule has 0 bridgehead atoms. The predicted octanol–water partition coefficient (Wildman–Crippen LogP) is 3.38. The van der Waals surface area contributed by atoms with Crippen LogP contribution in [0.5, 0.6) is 17.2 Å². The van der Waals surface area contributed by atoms with Crippen LogP contribution >= 0.6 is 0 Å². The van der Waals surface area contributed by atoms with E-state index in [1.165, 1.54) is 4.31 Å². The first kappa shape index (κ1) is 24.9. The summed E-state index contributed by atoms with van der Waals surface area (Å²) in [7, 11) is -0.459. The second-order valence-electron chi connectivity index (χ2n) is 7.93. The Morgan fingerprint density at radius 2 is 1.70 bits per heavy atom. The van der Waals surface area contributed by atoms with Gasteiger partial charge in [-0.3, -0.25) is 4.79 Å². The topological polar surface area (TPSA) is 94.2 Å². The number of benzene rings is 2. The molecule has 0 saturated carbocycles. The fraction of sp³-hybridized carbons (Fsp3) is 0.458. The second-order valence-corrected chi connectivity index (χ2v) is 9.87. The normalized spacial score (nSPS) is 16.1. The minimum Gasteiger partial charge on any atom is -0.494 e. The maximum absolute atomic E-state index is 13.0. The number of nitrogens with one attached hydrogen (secondary N) is 1. The van der Waals surface area contributed by atoms with Gasteiger partial charge in [0.05, 0.1) is 31.8 Å². The number of ether oxygens (including phenoxy) is 3. The fourth-order valence-electron chi connectivity index (χ4n) is 3.92. The Bertz CT molecular complexity index is 1050. The molecule has 2 aromatic rings. The van der Waals surface area contributed by atoms with Crippen LogP contribution < -0.4 is 19.5 Å². The zero-order valence-electron chi connectivity index (χ0n) is 19.5. The van der Waals surface area contributed by atoms with Gasteiger partial charge in [-0.05, 0) is 68.7 Å². The number of piperidine rings is 1. The molecule has 3 rings (SSSR count). The van der Waals surface area contributed by atoms with E-state index in [1.807, 2.05) is 26.0 Å². The molecule has 180 valence electrons. The summed E-state index contributed by atoms with van der Waals surface area (Å²) in [5.74, 6) is 1.55. The molecule has 1 aliphatic heterocycles. The van der Waals surface area contributed by atoms with Crippen LogP contribution in [-0.2, 0) is 14.8 Å². The van der Waals surface area contributed by atoms with Crippen LogP contribution in [0.15, 0.2) is 47.4 Å². The third-order valence-electron chi connectivity index (χ3n) is 5.86. The van der Waals surface area contributed by atoms with Crippen molar-refractivity contribution in [1.29, 1.82) is 0 Å². The maximum atomic E-state index is 13.0. The van der Waals surface area contributed by atoms with E-state index in [2.05, 4.69) is 5.32 Å². The Hall–Kier alpha value is -2.78. The van der Waals surface area contributed by atoms with Crippen LogP contribution in [0.1, 0.15) is 38.3 Å². The summed E-state index contributed by atoms with van der Waals surface area (Å²) in [6.45, 7) is 4.91. The lowest BCUT2D eigenvalue weighted by Gasteiger charge is -2.31. The van der Waals surface area contributed by atoms with Crippen LogP contribution in [0.4, 0.5) is 0 Å². The summed E-state index contributed by atoms with van der Waals surface area (Å²) in [6, 6.07) is 11.8. The molecule has 1 aliphatic rings. The molecule has 2 aromatic carbocycles. The van der Waals surface area contributed by atoms with Gasteiger partial charge >= 0.3 is 0 Å². The summed E-state index contributed by atoms with van der Waals surface area (Å²) in [5, 5.41) is 3.04. The van der Waals surface area contributed by atoms with Crippen LogP contribution in [-0.4, -0.2) is 52.5 Å². The molecule has 0 aliphatic carbocycles. The summed E-state index contributed by atoms with van der Waals surface area (Å²) in [5.41, 5.74) is 0.900. The summed E-state index contributed by atoms with van der Waals surface area (Å²) >= 11 is 0. The lowest BCUT2D eigenvalue weighted by molar-refractivity contribution is -0.126. The van der Waals surface area contributed by atoms with Crippen molar-refractivity contribution in [2.24, 2.45) is 5.92 Å². The molecule has 9 heteroatoms. The van der Waals surface area contributed by atoms with Gasteiger partial charge < -0.3 is 19.5 Å². The first-order chi connectivity index (χ1) is 15.8. The van der Waals surface area contributed by atoms with Gasteiger partial charge in [0.1, 0.15) is 5.75 Å². The van der Waals surface area contributed by atoms with Crippen molar-refractivity contribution in [1.82, 2.24) is 9.62 Å². The molecule has 1 N–H and O–H groups in total. The van der Waals surface area contributed by atoms with Crippen LogP contribution in [0.3, 0.4) is 0 Å². The molecule has 0 unspecified atom stereocenters. The van der Waals surface area contributed by atoms with E-state index in [0.29, 0.717) is 49.8 Å². The summed E-state index contributed by atoms with van der Waals surface area (Å²) in [4.78, 5) is 13.1. The Morgan fingerprint density at radius 1 is 1.06 bits per heavy atom. The monoisotopic (exact) mass is 476 g/mol. The Kier molecular flexibility index (Phi) is 8.20. The van der Waals surface area contributed by atoms with Gasteiger partial charge in [0.2, 0.25) is 15.9 Å². The third-order valence-corrected chi connectivity index (χ3v) is 7.78. The van der Waals surface area contributed by atoms with E-state index in [9.17, 15) is 13.2 Å². The van der Waals surface area contributed by atoms with Gasteiger partial charge in [-0.2, -0.15) is 4.31 Å². The number of hydrogen-bond donors (Lipinski definition) is 1. The molecule has 0 aromatic heterocycles. The molecule has 1 heterocycles. The lowest BCUT2D eigenvalue weighted by Crippen LogP contribution is -2.43. The predicted molar refractivity (Wildman–Crippen MR) is 125 cm³/mol. The van der Waals surface area contributed by atoms with Crippen LogP contribution in [0.2, 0.25) is 0 Å². The van der Waals surface area contributed by atoms with E-state index < -0.39 is 10.0 Å². The first-order valence-corrected chi connectivity index (χ1v) is 12.5. The molecular weight excluding hydrogens is 444 g/mol. The average Bonchev–Trinajstić information content (AvgIpc) is 2.84. The van der Waals surface area contributed by atoms with Crippen molar-refractivity contribution in [2.45, 2.75) is 37.6 Å². The molecule has 1 atom stereocenters. The van der Waals surface area contributed by atoms with E-state index in [-0.39, 0.29) is 22.8 Å². The summed E-state index contributed by atoms with van der Waals surface area (Å²) in [6.07, 6.45) is 0.946. The highest BCUT2D eigenvalue weighted by Gasteiger charge is 2.32. The van der Waals surface area contributed by atoms with Crippen LogP contribution in [0, 0.1) is 5.92 Å². The summed E-state index contributed by atoms with van der Waals surface area (Å²) < 4.78 is 43.4. The molecule has 0 spiro atoms. The van der Waals surface area contributed by atoms with Crippen molar-refractivity contribution in [3.8, 4) is 17.2 Å². The fourth-order valence-corrected chi connectivity index (χ4v) is 5.39. The number of rotatable bonds is 9. The van der Waals surface area contributed by atoms with E-state index in [0.717, 1.165) is 5.56 Å². The Balaban J connectivity index is 1.58. The van der Waals surface area contributed by atoms with Crippen molar-refractivity contribution in [3.63, 3.8) is 0 Å². The zero-order chi connectivity index (χ0) is 24.0. The van der Waals surface area contributed by atoms with E-state index in [4.69, 9.17) is 14.2 Å². The van der Waals surface area contributed by atoms with Gasteiger partial charge in [-0.25, -0.2) is 8.42 Å². The van der Waals surface area contributed by atoms with Gasteiger partial charge in [-0.1, -0.05) is 6.07 Å². The number of methoxy groups -OCH3 is 2. The number of amides is 1. The van der Waals surface area contributed by atoms with Crippen molar-refractivity contribution < 1.29 is 27.4 Å². The quantitative estimate of drug-likeness (QED) is 0.596. The van der Waals surface area contributed by atoms with Crippen molar-refractivity contribution in [3.05, 3.63) is 48.0 Å². The zero-order valence-corrected chi connectivity index (χ0v) is 20.4. The number of sulfonamides is 1. The largest absolute Gasteiger partial charge is 0.494 e. The molecule has 8 nitrogen and oxygen atoms in total. The van der Waals surface area contributed by atoms with Crippen molar-refractivity contribution >= 4 is 15.9 Å². The third kappa shape index (κ3) is 5.78. The van der Waals surface area contributed by atoms with E-state index in [1.54, 1.807) is 44.6 Å². The smallest absolute Gasteiger partial charge is 0.243 e. The van der Waals surface area contributed by atoms with Gasteiger partial charge in [0, 0.05) is 19.0 Å². The number of nitrogens with zero attached hydrogens (tertiary/aromatic N) is 1. The number of hydrogen-bond acceptors (Lipinski definition) is 6. The first-order valence-electron chi connectivity index (χ1n) is 11.1. The van der Waals surface area contributed by atoms with E-state index >= 15 is 0 Å². The average molecular weight is 477 g/mol. The SMILES string of the molecule is CCOc1ccc(S(=O)(=O)N2CCC(C(=O)N[C@@H](C)c3ccc(OC)c(OC)c3)CC2)cc1. The number of carbonyl (C=O) groups excluding carboxylic acids is 1. The van der Waals surface area contributed by atoms with Crippen LogP contribution in [0.25, 0.3) is 0 Å². The van der Waals surface area contributed by atoms with Crippen molar-refractivity contribution in [2.75, 3.05) is 33.9 Å². The highest BCUT2D eigenvalue weighted by Crippen LogP contribution is 2.30. The molecule has 1 saturated heterocycles. The molecule has 1 fully saturated rings. The highest BCUT2D eigenvalue weighted by molar-refractivity contribution is 7.89. The van der Waals surface area contributed by atoms with Gasteiger partial charge in [0.25, 0.3) is 0 Å². The second kappa shape index (κ2) is 10.9. The highest BCUT2D eigenvalue weighted by atomic mass is 32.2. The Labute approximate surface area is 195 Å². The maximum Gasteiger partial charge on any atom is 0.243 e. The minimum absolute atomic E-state index is 0.0737. The lowest BCUT2D eigenvalue weighted by atomic mass is 9.96. The number of carbonyl (C=O) groups is 1. The molecule has 0 radical (unpaired) electrons. The molecular formula is C24H32N2O6S. The van der Waals surface area contributed by atoms with Gasteiger partial charge in [0.15, 0.2) is 11.5 Å². The Morgan fingerprint density at radius 3 is 2.27 bits per heavy atom.